The zero-order chi connectivity index (χ0) is 26.0. The molecule has 0 aliphatic rings. The van der Waals surface area contributed by atoms with Crippen molar-refractivity contribution in [2.75, 3.05) is 0 Å². The molecule has 7 heteroatoms. The highest BCUT2D eigenvalue weighted by molar-refractivity contribution is 5.80. The Kier molecular flexibility index (Phi) is 6.76. The van der Waals surface area contributed by atoms with Crippen molar-refractivity contribution >= 4 is 16.9 Å². The van der Waals surface area contributed by atoms with Gasteiger partial charge in [0.05, 0.1) is 16.8 Å². The number of carbonyl (C=O) groups excluding carboxylic acids is 1. The lowest BCUT2D eigenvalue weighted by molar-refractivity contribution is -0.137. The van der Waals surface area contributed by atoms with Gasteiger partial charge >= 0.3 is 12.2 Å². The van der Waals surface area contributed by atoms with E-state index in [1.165, 1.54) is 6.07 Å². The average Bonchev–Trinajstić information content (AvgIpc) is 2.82. The van der Waals surface area contributed by atoms with Crippen molar-refractivity contribution in [3.63, 3.8) is 0 Å². The van der Waals surface area contributed by atoms with Crippen LogP contribution in [-0.4, -0.2) is 16.6 Å². The highest BCUT2D eigenvalue weighted by atomic mass is 19.4. The summed E-state index contributed by atoms with van der Waals surface area (Å²) in [5.41, 5.74) is -0.508. The number of pyridine rings is 1. The van der Waals surface area contributed by atoms with Gasteiger partial charge in [0, 0.05) is 17.3 Å². The molecule has 1 atom stereocenters. The summed E-state index contributed by atoms with van der Waals surface area (Å²) in [4.78, 5) is 18.1. The minimum atomic E-state index is -4.54. The van der Waals surface area contributed by atoms with E-state index in [-0.39, 0.29) is 12.0 Å². The molecule has 1 aromatic heterocycles. The highest BCUT2D eigenvalue weighted by Crippen LogP contribution is 2.37. The maximum atomic E-state index is 13.8. The molecule has 0 radical (unpaired) electrons. The van der Waals surface area contributed by atoms with E-state index in [2.05, 4.69) is 10.6 Å². The molecule has 0 spiro atoms. The molecule has 2 amide bonds. The van der Waals surface area contributed by atoms with Crippen molar-refractivity contribution in [1.29, 1.82) is 0 Å². The number of halogens is 3. The van der Waals surface area contributed by atoms with Gasteiger partial charge < -0.3 is 10.6 Å². The number of aromatic nitrogens is 1. The van der Waals surface area contributed by atoms with Crippen LogP contribution in [0.4, 0.5) is 18.0 Å². The molecular formula is C29H28F3N3O. The van der Waals surface area contributed by atoms with Gasteiger partial charge in [0.2, 0.25) is 0 Å². The number of alkyl halides is 3. The molecule has 4 nitrogen and oxygen atoms in total. The van der Waals surface area contributed by atoms with Crippen LogP contribution in [0.2, 0.25) is 0 Å². The Balaban J connectivity index is 1.98. The Morgan fingerprint density at radius 2 is 1.44 bits per heavy atom. The van der Waals surface area contributed by atoms with Crippen LogP contribution in [0.1, 0.15) is 43.2 Å². The van der Waals surface area contributed by atoms with Gasteiger partial charge in [-0.1, -0.05) is 66.7 Å². The highest BCUT2D eigenvalue weighted by Gasteiger charge is 2.40. The fourth-order valence-electron chi connectivity index (χ4n) is 4.25. The summed E-state index contributed by atoms with van der Waals surface area (Å²) < 4.78 is 41.3. The van der Waals surface area contributed by atoms with E-state index in [9.17, 15) is 18.0 Å². The van der Waals surface area contributed by atoms with Crippen molar-refractivity contribution in [2.45, 2.75) is 44.4 Å². The number of hydrogen-bond acceptors (Lipinski definition) is 2. The van der Waals surface area contributed by atoms with E-state index in [4.69, 9.17) is 4.98 Å². The molecule has 0 bridgehead atoms. The molecule has 0 aliphatic carbocycles. The first kappa shape index (κ1) is 25.2. The predicted molar refractivity (Wildman–Crippen MR) is 136 cm³/mol. The van der Waals surface area contributed by atoms with Crippen LogP contribution < -0.4 is 10.6 Å². The van der Waals surface area contributed by atoms with Crippen molar-refractivity contribution in [1.82, 2.24) is 15.6 Å². The first-order chi connectivity index (χ1) is 17.0. The number of carbonyl (C=O) groups is 1. The third-order valence-electron chi connectivity index (χ3n) is 5.85. The fraction of sp³-hybridized carbons (Fsp3) is 0.241. The van der Waals surface area contributed by atoms with E-state index in [1.54, 1.807) is 12.1 Å². The van der Waals surface area contributed by atoms with Crippen molar-refractivity contribution in [3.05, 3.63) is 113 Å². The Bertz CT molecular complexity index is 1360. The van der Waals surface area contributed by atoms with E-state index in [0.717, 1.165) is 23.1 Å². The number of para-hydroxylation sites is 1. The van der Waals surface area contributed by atoms with Crippen LogP contribution >= 0.6 is 0 Å². The molecule has 2 N–H and O–H groups in total. The molecule has 0 saturated heterocycles. The monoisotopic (exact) mass is 491 g/mol. The molecule has 0 aliphatic heterocycles. The van der Waals surface area contributed by atoms with Gasteiger partial charge in [0.25, 0.3) is 0 Å². The SMILES string of the molecule is CC(C)(C)NC(=O)NC(Cc1ccccc1)(c1cccc(C(F)(F)F)c1)c1ccc2ccccc2n1. The first-order valence-electron chi connectivity index (χ1n) is 11.6. The number of urea groups is 1. The van der Waals surface area contributed by atoms with E-state index in [1.807, 2.05) is 81.4 Å². The lowest BCUT2D eigenvalue weighted by Gasteiger charge is -2.37. The van der Waals surface area contributed by atoms with Crippen LogP contribution in [0.25, 0.3) is 10.9 Å². The van der Waals surface area contributed by atoms with Crippen molar-refractivity contribution < 1.29 is 18.0 Å². The van der Waals surface area contributed by atoms with Gasteiger partial charge in [-0.05, 0) is 56.2 Å². The zero-order valence-electron chi connectivity index (χ0n) is 20.4. The number of hydrogen-bond donors (Lipinski definition) is 2. The van der Waals surface area contributed by atoms with Crippen LogP contribution in [0.5, 0.6) is 0 Å². The number of nitrogens with one attached hydrogen (secondary N) is 2. The standard InChI is InChI=1S/C29H28F3N3O/c1-27(2,3)34-26(36)35-28(19-20-10-5-4-6-11-20,22-13-9-14-23(18-22)29(30,31)32)25-17-16-21-12-7-8-15-24(21)33-25/h4-18H,19H2,1-3H3,(H2,34,35,36). The van der Waals surface area contributed by atoms with Crippen molar-refractivity contribution in [2.24, 2.45) is 0 Å². The minimum Gasteiger partial charge on any atom is -0.334 e. The molecule has 36 heavy (non-hydrogen) atoms. The van der Waals surface area contributed by atoms with Gasteiger partial charge in [0.1, 0.15) is 5.54 Å². The quantitative estimate of drug-likeness (QED) is 0.321. The van der Waals surface area contributed by atoms with Crippen molar-refractivity contribution in [3.8, 4) is 0 Å². The molecule has 0 saturated carbocycles. The summed E-state index contributed by atoms with van der Waals surface area (Å²) in [6.45, 7) is 5.51. The smallest absolute Gasteiger partial charge is 0.334 e. The number of rotatable bonds is 5. The van der Waals surface area contributed by atoms with Crippen LogP contribution in [0.15, 0.2) is 91.0 Å². The van der Waals surface area contributed by atoms with E-state index >= 15 is 0 Å². The normalized spacial score (nSPS) is 13.7. The molecule has 1 unspecified atom stereocenters. The molecular weight excluding hydrogens is 463 g/mol. The zero-order valence-corrected chi connectivity index (χ0v) is 20.4. The topological polar surface area (TPSA) is 54.0 Å². The van der Waals surface area contributed by atoms with Gasteiger partial charge in [-0.15, -0.1) is 0 Å². The molecule has 0 fully saturated rings. The lowest BCUT2D eigenvalue weighted by atomic mass is 9.79. The van der Waals surface area contributed by atoms with Gasteiger partial charge in [-0.25, -0.2) is 9.78 Å². The Hall–Kier alpha value is -3.87. The van der Waals surface area contributed by atoms with E-state index < -0.39 is 28.8 Å². The second-order valence-electron chi connectivity index (χ2n) is 9.86. The second kappa shape index (κ2) is 9.64. The van der Waals surface area contributed by atoms with Gasteiger partial charge in [-0.3, -0.25) is 0 Å². The summed E-state index contributed by atoms with van der Waals surface area (Å²) in [7, 11) is 0. The van der Waals surface area contributed by atoms with E-state index in [0.29, 0.717) is 11.2 Å². The minimum absolute atomic E-state index is 0.193. The summed E-state index contributed by atoms with van der Waals surface area (Å²) in [5.74, 6) is 0. The third-order valence-corrected chi connectivity index (χ3v) is 5.85. The van der Waals surface area contributed by atoms with Gasteiger partial charge in [0.15, 0.2) is 0 Å². The molecule has 4 rings (SSSR count). The predicted octanol–water partition coefficient (Wildman–Crippen LogP) is 6.84. The number of fused-ring (bicyclic) bond motifs is 1. The Morgan fingerprint density at radius 3 is 2.14 bits per heavy atom. The maximum absolute atomic E-state index is 13.8. The molecule has 4 aromatic rings. The molecule has 3 aromatic carbocycles. The number of amides is 2. The van der Waals surface area contributed by atoms with Gasteiger partial charge in [-0.2, -0.15) is 13.2 Å². The number of benzene rings is 3. The Labute approximate surface area is 208 Å². The summed E-state index contributed by atoms with van der Waals surface area (Å²) in [6, 6.07) is 25.1. The molecule has 186 valence electrons. The van der Waals surface area contributed by atoms with Crippen LogP contribution in [0.3, 0.4) is 0 Å². The van der Waals surface area contributed by atoms with Crippen LogP contribution in [0, 0.1) is 0 Å². The maximum Gasteiger partial charge on any atom is 0.416 e. The second-order valence-corrected chi connectivity index (χ2v) is 9.86. The lowest BCUT2D eigenvalue weighted by Crippen LogP contribution is -2.56. The third kappa shape index (κ3) is 5.67. The summed E-state index contributed by atoms with van der Waals surface area (Å²) in [6.07, 6.45) is -4.35. The first-order valence-corrected chi connectivity index (χ1v) is 11.6. The average molecular weight is 492 g/mol. The summed E-state index contributed by atoms with van der Waals surface area (Å²) in [5, 5.41) is 6.80. The number of nitrogens with zero attached hydrogens (tertiary/aromatic N) is 1. The summed E-state index contributed by atoms with van der Waals surface area (Å²) >= 11 is 0. The molecule has 1 heterocycles. The fourth-order valence-corrected chi connectivity index (χ4v) is 4.25. The van der Waals surface area contributed by atoms with Crippen LogP contribution in [-0.2, 0) is 18.1 Å². The largest absolute Gasteiger partial charge is 0.416 e. The Morgan fingerprint density at radius 1 is 0.778 bits per heavy atom.